The standard InChI is InChI=1S/C24H34NO6PS/c1-4-6-13-24(5-2)17-33(29,30)22-15-19(12-14-32(26,27)28)21(31-3)16-20(22)23(25-24)18-10-8-7-9-11-18/h7-11,15-16,23,25H,4-6,12-14,17H2,1-3H3,(H2,26,27,28)/t23-,24-/m1/s1. The van der Waals surface area contributed by atoms with Crippen LogP contribution in [-0.4, -0.2) is 42.8 Å². The first-order chi connectivity index (χ1) is 15.5. The zero-order chi connectivity index (χ0) is 24.3. The molecule has 182 valence electrons. The summed E-state index contributed by atoms with van der Waals surface area (Å²) in [4.78, 5) is 18.9. The van der Waals surface area contributed by atoms with E-state index in [0.717, 1.165) is 24.8 Å². The van der Waals surface area contributed by atoms with E-state index < -0.39 is 23.0 Å². The number of methoxy groups -OCH3 is 1. The first-order valence-corrected chi connectivity index (χ1v) is 14.8. The summed E-state index contributed by atoms with van der Waals surface area (Å²) in [5.41, 5.74) is 1.45. The minimum absolute atomic E-state index is 0.0223. The number of ether oxygens (including phenoxy) is 1. The molecule has 0 radical (unpaired) electrons. The molecule has 2 atom stereocenters. The minimum Gasteiger partial charge on any atom is -0.496 e. The molecular formula is C24H34NO6PS. The lowest BCUT2D eigenvalue weighted by atomic mass is 9.87. The Labute approximate surface area is 196 Å². The van der Waals surface area contributed by atoms with Gasteiger partial charge in [-0.1, -0.05) is 57.0 Å². The first kappa shape index (κ1) is 25.9. The molecular weight excluding hydrogens is 461 g/mol. The molecule has 0 spiro atoms. The predicted octanol–water partition coefficient (Wildman–Crippen LogP) is 4.22. The highest BCUT2D eigenvalue weighted by Crippen LogP contribution is 2.42. The predicted molar refractivity (Wildman–Crippen MR) is 130 cm³/mol. The Balaban J connectivity index is 2.22. The highest BCUT2D eigenvalue weighted by Gasteiger charge is 2.42. The van der Waals surface area contributed by atoms with Crippen molar-refractivity contribution >= 4 is 17.4 Å². The van der Waals surface area contributed by atoms with Crippen molar-refractivity contribution in [3.63, 3.8) is 0 Å². The van der Waals surface area contributed by atoms with Gasteiger partial charge in [-0.05, 0) is 48.1 Å². The molecule has 3 rings (SSSR count). The molecule has 0 saturated heterocycles. The van der Waals surface area contributed by atoms with Gasteiger partial charge in [-0.15, -0.1) is 0 Å². The molecule has 1 heterocycles. The molecule has 0 bridgehead atoms. The fourth-order valence-corrected chi connectivity index (χ4v) is 7.28. The average Bonchev–Trinajstić information content (AvgIpc) is 2.88. The Hall–Kier alpha value is -1.70. The van der Waals surface area contributed by atoms with Crippen LogP contribution in [0.3, 0.4) is 0 Å². The molecule has 2 aromatic rings. The van der Waals surface area contributed by atoms with Crippen molar-refractivity contribution < 1.29 is 27.5 Å². The molecule has 0 unspecified atom stereocenters. The van der Waals surface area contributed by atoms with Gasteiger partial charge in [-0.25, -0.2) is 8.42 Å². The van der Waals surface area contributed by atoms with E-state index in [1.807, 2.05) is 37.3 Å². The summed E-state index contributed by atoms with van der Waals surface area (Å²) in [6.45, 7) is 4.11. The minimum atomic E-state index is -4.25. The lowest BCUT2D eigenvalue weighted by Gasteiger charge is -2.36. The molecule has 7 nitrogen and oxygen atoms in total. The fourth-order valence-electron chi connectivity index (χ4n) is 4.58. The van der Waals surface area contributed by atoms with Gasteiger partial charge < -0.3 is 14.5 Å². The molecule has 1 aliphatic rings. The Kier molecular flexibility index (Phi) is 8.07. The number of aryl methyl sites for hydroxylation is 1. The van der Waals surface area contributed by atoms with Gasteiger partial charge in [-0.2, -0.15) is 0 Å². The maximum absolute atomic E-state index is 13.7. The lowest BCUT2D eigenvalue weighted by Crippen LogP contribution is -2.50. The number of unbranched alkanes of at least 4 members (excludes halogenated alkanes) is 1. The Morgan fingerprint density at radius 2 is 1.88 bits per heavy atom. The van der Waals surface area contributed by atoms with Crippen molar-refractivity contribution in [1.82, 2.24) is 5.32 Å². The van der Waals surface area contributed by atoms with Gasteiger partial charge in [0, 0.05) is 5.54 Å². The van der Waals surface area contributed by atoms with Crippen molar-refractivity contribution in [1.29, 1.82) is 0 Å². The third kappa shape index (κ3) is 6.06. The van der Waals surface area contributed by atoms with Crippen molar-refractivity contribution in [3.05, 3.63) is 59.2 Å². The highest BCUT2D eigenvalue weighted by atomic mass is 32.2. The normalized spacial score (nSPS) is 22.4. The van der Waals surface area contributed by atoms with Gasteiger partial charge in [0.05, 0.1) is 30.0 Å². The van der Waals surface area contributed by atoms with E-state index in [4.69, 9.17) is 4.74 Å². The summed E-state index contributed by atoms with van der Waals surface area (Å²) in [5, 5.41) is 3.71. The lowest BCUT2D eigenvalue weighted by molar-refractivity contribution is 0.294. The van der Waals surface area contributed by atoms with E-state index >= 15 is 0 Å². The topological polar surface area (TPSA) is 113 Å². The van der Waals surface area contributed by atoms with Crippen LogP contribution < -0.4 is 10.1 Å². The molecule has 2 aromatic carbocycles. The second kappa shape index (κ2) is 10.3. The molecule has 0 aromatic heterocycles. The number of hydrogen-bond donors (Lipinski definition) is 3. The number of nitrogens with one attached hydrogen (secondary N) is 1. The number of hydrogen-bond acceptors (Lipinski definition) is 5. The van der Waals surface area contributed by atoms with Gasteiger partial charge in [0.25, 0.3) is 0 Å². The summed E-state index contributed by atoms with van der Waals surface area (Å²) in [7, 11) is -6.45. The quantitative estimate of drug-likeness (QED) is 0.447. The third-order valence-corrected chi connectivity index (χ3v) is 9.23. The van der Waals surface area contributed by atoms with Crippen LogP contribution in [0.25, 0.3) is 0 Å². The highest BCUT2D eigenvalue weighted by molar-refractivity contribution is 7.91. The first-order valence-electron chi connectivity index (χ1n) is 11.3. The van der Waals surface area contributed by atoms with Gasteiger partial charge >= 0.3 is 7.60 Å². The smallest absolute Gasteiger partial charge is 0.325 e. The summed E-state index contributed by atoms with van der Waals surface area (Å²) in [5.74, 6) is 0.398. The molecule has 0 aliphatic carbocycles. The van der Waals surface area contributed by atoms with Crippen molar-refractivity contribution in [2.45, 2.75) is 62.4 Å². The van der Waals surface area contributed by atoms with Crippen LogP contribution in [0.5, 0.6) is 5.75 Å². The molecule has 3 N–H and O–H groups in total. The van der Waals surface area contributed by atoms with Crippen molar-refractivity contribution in [3.8, 4) is 5.75 Å². The van der Waals surface area contributed by atoms with E-state index in [1.54, 1.807) is 12.1 Å². The maximum Gasteiger partial charge on any atom is 0.325 e. The van der Waals surface area contributed by atoms with E-state index in [9.17, 15) is 22.8 Å². The monoisotopic (exact) mass is 495 g/mol. The maximum atomic E-state index is 13.7. The molecule has 1 aliphatic heterocycles. The molecule has 9 heteroatoms. The van der Waals surface area contributed by atoms with E-state index in [2.05, 4.69) is 12.2 Å². The Morgan fingerprint density at radius 1 is 1.18 bits per heavy atom. The summed E-state index contributed by atoms with van der Waals surface area (Å²) in [6.07, 6.45) is 2.91. The van der Waals surface area contributed by atoms with E-state index in [1.165, 1.54) is 7.11 Å². The molecule has 0 fully saturated rings. The van der Waals surface area contributed by atoms with E-state index in [-0.39, 0.29) is 29.3 Å². The zero-order valence-electron chi connectivity index (χ0n) is 19.5. The van der Waals surface area contributed by atoms with Crippen LogP contribution in [0.15, 0.2) is 47.4 Å². The van der Waals surface area contributed by atoms with Gasteiger partial charge in [0.1, 0.15) is 5.75 Å². The van der Waals surface area contributed by atoms with Crippen LogP contribution in [0.1, 0.15) is 62.3 Å². The summed E-state index contributed by atoms with van der Waals surface area (Å²) >= 11 is 0. The number of rotatable bonds is 9. The van der Waals surface area contributed by atoms with Crippen LogP contribution in [0.4, 0.5) is 0 Å². The second-order valence-electron chi connectivity index (χ2n) is 8.82. The molecule has 0 amide bonds. The second-order valence-corrected chi connectivity index (χ2v) is 12.6. The summed E-state index contributed by atoms with van der Waals surface area (Å²) in [6, 6.07) is 12.7. The Morgan fingerprint density at radius 3 is 2.45 bits per heavy atom. The van der Waals surface area contributed by atoms with Crippen LogP contribution in [0, 0.1) is 0 Å². The van der Waals surface area contributed by atoms with E-state index in [0.29, 0.717) is 23.3 Å². The fraction of sp³-hybridized carbons (Fsp3) is 0.500. The van der Waals surface area contributed by atoms with Crippen molar-refractivity contribution in [2.75, 3.05) is 19.0 Å². The van der Waals surface area contributed by atoms with Crippen LogP contribution in [0.2, 0.25) is 0 Å². The van der Waals surface area contributed by atoms with Gasteiger partial charge in [0.2, 0.25) is 0 Å². The Bertz CT molecular complexity index is 1120. The van der Waals surface area contributed by atoms with Crippen molar-refractivity contribution in [2.24, 2.45) is 0 Å². The number of fused-ring (bicyclic) bond motifs is 1. The SMILES string of the molecule is CCCC[C@]1(CC)CS(=O)(=O)c2cc(CCP(=O)(O)O)c(OC)cc2[C@@H](c2ccccc2)N1. The van der Waals surface area contributed by atoms with Gasteiger partial charge in [-0.3, -0.25) is 9.88 Å². The van der Waals surface area contributed by atoms with Crippen LogP contribution >= 0.6 is 7.60 Å². The number of sulfone groups is 1. The molecule has 0 saturated carbocycles. The average molecular weight is 496 g/mol. The third-order valence-electron chi connectivity index (χ3n) is 6.47. The zero-order valence-corrected chi connectivity index (χ0v) is 21.2. The number of benzene rings is 2. The molecule has 33 heavy (non-hydrogen) atoms. The summed E-state index contributed by atoms with van der Waals surface area (Å²) < 4.78 is 44.5. The van der Waals surface area contributed by atoms with Crippen LogP contribution in [-0.2, 0) is 20.8 Å². The van der Waals surface area contributed by atoms with Gasteiger partial charge in [0.15, 0.2) is 9.84 Å². The largest absolute Gasteiger partial charge is 0.496 e.